The van der Waals surface area contributed by atoms with Gasteiger partial charge < -0.3 is 19.7 Å². The number of carbonyl (C=O) groups excluding carboxylic acids is 2. The van der Waals surface area contributed by atoms with Crippen LogP contribution < -0.4 is 0 Å². The zero-order valence-corrected chi connectivity index (χ0v) is 14.6. The van der Waals surface area contributed by atoms with Gasteiger partial charge in [0.1, 0.15) is 12.7 Å². The Hall–Kier alpha value is -1.70. The summed E-state index contributed by atoms with van der Waals surface area (Å²) in [6, 6.07) is -0.0890. The Balaban J connectivity index is 1.93. The molecule has 0 unspecified atom stereocenters. The van der Waals surface area contributed by atoms with Gasteiger partial charge >= 0.3 is 11.9 Å². The van der Waals surface area contributed by atoms with Gasteiger partial charge in [-0.2, -0.15) is 0 Å². The molecule has 3 heterocycles. The number of esters is 2. The first-order valence-corrected chi connectivity index (χ1v) is 8.70. The van der Waals surface area contributed by atoms with Gasteiger partial charge in [-0.15, -0.1) is 0 Å². The van der Waals surface area contributed by atoms with E-state index in [2.05, 4.69) is 4.90 Å². The molecule has 2 fully saturated rings. The topological polar surface area (TPSA) is 96.3 Å². The number of aliphatic hydroxyl groups excluding tert-OH is 1. The lowest BCUT2D eigenvalue weighted by Gasteiger charge is -2.32. The van der Waals surface area contributed by atoms with Crippen LogP contribution in [0.4, 0.5) is 0 Å². The number of aliphatic hydroxyl groups is 2. The van der Waals surface area contributed by atoms with E-state index in [4.69, 9.17) is 9.47 Å². The van der Waals surface area contributed by atoms with Crippen molar-refractivity contribution in [3.63, 3.8) is 0 Å². The second kappa shape index (κ2) is 6.90. The molecule has 7 nitrogen and oxygen atoms in total. The van der Waals surface area contributed by atoms with Crippen molar-refractivity contribution in [3.8, 4) is 0 Å². The van der Waals surface area contributed by atoms with E-state index in [1.807, 2.05) is 6.08 Å². The van der Waals surface area contributed by atoms with Gasteiger partial charge in [0.15, 0.2) is 5.60 Å². The normalized spacial score (nSPS) is 38.5. The molecular weight excluding hydrogens is 326 g/mol. The molecule has 0 radical (unpaired) electrons. The summed E-state index contributed by atoms with van der Waals surface area (Å²) < 4.78 is 11.1. The lowest BCUT2D eigenvalue weighted by molar-refractivity contribution is -0.176. The van der Waals surface area contributed by atoms with E-state index in [1.54, 1.807) is 19.9 Å². The van der Waals surface area contributed by atoms with Crippen LogP contribution in [0.15, 0.2) is 23.3 Å². The zero-order chi connectivity index (χ0) is 18.2. The first kappa shape index (κ1) is 18.1. The lowest BCUT2D eigenvalue weighted by atomic mass is 9.84. The number of rotatable bonds is 1. The number of hydrogen-bond donors (Lipinski definition) is 2. The predicted octanol–water partition coefficient (Wildman–Crippen LogP) is 0.165. The first-order chi connectivity index (χ1) is 11.9. The van der Waals surface area contributed by atoms with Crippen LogP contribution in [0.3, 0.4) is 0 Å². The molecule has 0 bridgehead atoms. The van der Waals surface area contributed by atoms with Crippen molar-refractivity contribution in [3.05, 3.63) is 23.3 Å². The highest BCUT2D eigenvalue weighted by Gasteiger charge is 2.46. The van der Waals surface area contributed by atoms with Crippen LogP contribution in [0.25, 0.3) is 0 Å². The molecule has 2 N–H and O–H groups in total. The van der Waals surface area contributed by atoms with E-state index >= 15 is 0 Å². The summed E-state index contributed by atoms with van der Waals surface area (Å²) in [6.45, 7) is 4.12. The molecule has 0 aromatic heterocycles. The van der Waals surface area contributed by atoms with Gasteiger partial charge in [-0.3, -0.25) is 4.90 Å². The fourth-order valence-electron chi connectivity index (χ4n) is 3.85. The number of nitrogens with zero attached hydrogens (tertiary/aromatic N) is 1. The van der Waals surface area contributed by atoms with Crippen molar-refractivity contribution in [1.29, 1.82) is 0 Å². The van der Waals surface area contributed by atoms with Crippen LogP contribution in [0.2, 0.25) is 0 Å². The molecule has 3 aliphatic heterocycles. The van der Waals surface area contributed by atoms with Crippen LogP contribution in [0.1, 0.15) is 26.7 Å². The summed E-state index contributed by atoms with van der Waals surface area (Å²) >= 11 is 0. The number of hydrogen-bond acceptors (Lipinski definition) is 7. The molecular formula is C18H25NO6. The molecule has 0 saturated carbocycles. The molecule has 2 saturated heterocycles. The van der Waals surface area contributed by atoms with E-state index in [-0.39, 0.29) is 25.2 Å². The average Bonchev–Trinajstić information content (AvgIpc) is 3.18. The Morgan fingerprint density at radius 3 is 2.88 bits per heavy atom. The number of allylic oxidation sites excluding steroid dienone is 1. The molecule has 138 valence electrons. The van der Waals surface area contributed by atoms with Crippen molar-refractivity contribution in [2.75, 3.05) is 26.3 Å². The Labute approximate surface area is 146 Å². The quantitative estimate of drug-likeness (QED) is 0.395. The predicted molar refractivity (Wildman–Crippen MR) is 88.5 cm³/mol. The van der Waals surface area contributed by atoms with Crippen molar-refractivity contribution in [1.82, 2.24) is 4.90 Å². The summed E-state index contributed by atoms with van der Waals surface area (Å²) in [5, 5.41) is 20.2. The average molecular weight is 351 g/mol. The summed E-state index contributed by atoms with van der Waals surface area (Å²) in [7, 11) is 0. The highest BCUT2D eigenvalue weighted by atomic mass is 16.6. The highest BCUT2D eigenvalue weighted by molar-refractivity contribution is 5.89. The molecule has 0 amide bonds. The van der Waals surface area contributed by atoms with Crippen LogP contribution in [0, 0.1) is 5.92 Å². The standard InChI is InChI=1S/C18H25NO6/c1-3-12-8-11(2)18(23,10-20)17(22)24-9-13-4-6-19-7-5-14(15(13)19)25-16(12)21/h3-4,11,14-15,20,23H,5-10H2,1-2H3/b12-3+/t11-,14+,15+,18+/m1/s1. The molecule has 0 aromatic carbocycles. The van der Waals surface area contributed by atoms with Crippen molar-refractivity contribution in [2.24, 2.45) is 5.92 Å². The van der Waals surface area contributed by atoms with Crippen LogP contribution in [-0.4, -0.2) is 71.1 Å². The van der Waals surface area contributed by atoms with E-state index in [0.29, 0.717) is 5.57 Å². The lowest BCUT2D eigenvalue weighted by Crippen LogP contribution is -2.50. The molecule has 4 atom stereocenters. The van der Waals surface area contributed by atoms with Crippen LogP contribution >= 0.6 is 0 Å². The Morgan fingerprint density at radius 1 is 1.44 bits per heavy atom. The van der Waals surface area contributed by atoms with Gasteiger partial charge in [0, 0.05) is 24.6 Å². The Bertz CT molecular complexity index is 627. The SMILES string of the molecule is C/C=C1\C[C@@H](C)[C@@](O)(CO)C(=O)OCC2=CCN3CC[C@H](OC1=O)[C@H]23. The number of cyclic esters (lactones) is 1. The third-order valence-corrected chi connectivity index (χ3v) is 5.59. The third kappa shape index (κ3) is 3.12. The maximum absolute atomic E-state index is 12.6. The molecule has 7 heteroatoms. The zero-order valence-electron chi connectivity index (χ0n) is 14.6. The molecule has 3 aliphatic rings. The van der Waals surface area contributed by atoms with Crippen molar-refractivity contribution >= 4 is 11.9 Å². The van der Waals surface area contributed by atoms with Crippen LogP contribution in [-0.2, 0) is 19.1 Å². The fraction of sp³-hybridized carbons (Fsp3) is 0.667. The molecule has 0 aromatic rings. The van der Waals surface area contributed by atoms with Crippen molar-refractivity contribution in [2.45, 2.75) is 44.4 Å². The third-order valence-electron chi connectivity index (χ3n) is 5.59. The number of ether oxygens (including phenoxy) is 2. The minimum atomic E-state index is -2.05. The fourth-order valence-corrected chi connectivity index (χ4v) is 3.85. The summed E-state index contributed by atoms with van der Waals surface area (Å²) in [6.07, 6.45) is 4.20. The van der Waals surface area contributed by atoms with Gasteiger partial charge in [-0.05, 0) is 25.3 Å². The van der Waals surface area contributed by atoms with Crippen LogP contribution in [0.5, 0.6) is 0 Å². The van der Waals surface area contributed by atoms with Gasteiger partial charge in [-0.25, -0.2) is 9.59 Å². The molecule has 0 spiro atoms. The summed E-state index contributed by atoms with van der Waals surface area (Å²) in [5.74, 6) is -1.99. The maximum Gasteiger partial charge on any atom is 0.341 e. The van der Waals surface area contributed by atoms with E-state index in [0.717, 1.165) is 25.1 Å². The van der Waals surface area contributed by atoms with Gasteiger partial charge in [-0.1, -0.05) is 19.1 Å². The first-order valence-electron chi connectivity index (χ1n) is 8.70. The summed E-state index contributed by atoms with van der Waals surface area (Å²) in [5.41, 5.74) is -0.796. The molecule has 25 heavy (non-hydrogen) atoms. The largest absolute Gasteiger partial charge is 0.459 e. The van der Waals surface area contributed by atoms with Gasteiger partial charge in [0.05, 0.1) is 12.6 Å². The van der Waals surface area contributed by atoms with E-state index in [1.165, 1.54) is 0 Å². The highest BCUT2D eigenvalue weighted by Crippen LogP contribution is 2.34. The number of carbonyl (C=O) groups is 2. The Kier molecular flexibility index (Phi) is 4.99. The van der Waals surface area contributed by atoms with Gasteiger partial charge in [0.2, 0.25) is 0 Å². The monoisotopic (exact) mass is 351 g/mol. The second-order valence-corrected chi connectivity index (χ2v) is 7.03. The maximum atomic E-state index is 12.6. The van der Waals surface area contributed by atoms with Gasteiger partial charge in [0.25, 0.3) is 0 Å². The second-order valence-electron chi connectivity index (χ2n) is 7.03. The molecule has 3 rings (SSSR count). The minimum Gasteiger partial charge on any atom is -0.459 e. The molecule has 0 aliphatic carbocycles. The van der Waals surface area contributed by atoms with E-state index < -0.39 is 30.1 Å². The summed E-state index contributed by atoms with van der Waals surface area (Å²) in [4.78, 5) is 27.2. The smallest absolute Gasteiger partial charge is 0.341 e. The Morgan fingerprint density at radius 2 is 2.20 bits per heavy atom. The van der Waals surface area contributed by atoms with Crippen molar-refractivity contribution < 1.29 is 29.3 Å². The minimum absolute atomic E-state index is 0.0273. The van der Waals surface area contributed by atoms with E-state index in [9.17, 15) is 19.8 Å².